The van der Waals surface area contributed by atoms with Crippen molar-refractivity contribution in [2.24, 2.45) is 0 Å². The number of amides is 2. The average Bonchev–Trinajstić information content (AvgIpc) is 3.44. The fourth-order valence-corrected chi connectivity index (χ4v) is 6.73. The minimum absolute atomic E-state index is 0.0604. The molecule has 1 saturated carbocycles. The predicted octanol–water partition coefficient (Wildman–Crippen LogP) is 5.88. The highest BCUT2D eigenvalue weighted by Gasteiger charge is 2.34. The van der Waals surface area contributed by atoms with Crippen LogP contribution in [0.1, 0.15) is 42.4 Å². The number of carbonyl (C=O) groups is 2. The van der Waals surface area contributed by atoms with E-state index in [1.54, 1.807) is 25.1 Å². The largest absolute Gasteiger partial charge is 0.352 e. The van der Waals surface area contributed by atoms with Crippen molar-refractivity contribution < 1.29 is 18.0 Å². The van der Waals surface area contributed by atoms with E-state index in [4.69, 9.17) is 11.6 Å². The highest BCUT2D eigenvalue weighted by molar-refractivity contribution is 9.10. The molecule has 0 bridgehead atoms. The molecule has 1 N–H and O–H groups in total. The smallest absolute Gasteiger partial charge is 0.244 e. The molecule has 0 unspecified atom stereocenters. The third-order valence-electron chi connectivity index (χ3n) is 7.40. The Morgan fingerprint density at radius 3 is 2.32 bits per heavy atom. The topological polar surface area (TPSA) is 86.8 Å². The molecule has 4 rings (SSSR count). The first kappa shape index (κ1) is 31.1. The molecule has 1 aliphatic rings. The molecular formula is C31H35BrClN3O4S. The van der Waals surface area contributed by atoms with Gasteiger partial charge in [0.05, 0.1) is 11.9 Å². The summed E-state index contributed by atoms with van der Waals surface area (Å²) in [5.74, 6) is -0.730. The zero-order chi connectivity index (χ0) is 29.6. The first-order valence-corrected chi connectivity index (χ1v) is 16.7. The van der Waals surface area contributed by atoms with E-state index >= 15 is 0 Å². The van der Waals surface area contributed by atoms with Crippen LogP contribution in [0.4, 0.5) is 5.69 Å². The molecule has 0 aliphatic heterocycles. The second-order valence-electron chi connectivity index (χ2n) is 10.5. The molecule has 218 valence electrons. The summed E-state index contributed by atoms with van der Waals surface area (Å²) < 4.78 is 27.9. The summed E-state index contributed by atoms with van der Waals surface area (Å²) in [7, 11) is -3.87. The highest BCUT2D eigenvalue weighted by Crippen LogP contribution is 2.29. The fourth-order valence-electron chi connectivity index (χ4n) is 5.21. The van der Waals surface area contributed by atoms with Gasteiger partial charge < -0.3 is 10.2 Å². The number of nitrogens with one attached hydrogen (secondary N) is 1. The van der Waals surface area contributed by atoms with E-state index in [0.29, 0.717) is 16.3 Å². The second-order valence-corrected chi connectivity index (χ2v) is 13.7. The lowest BCUT2D eigenvalue weighted by atomic mass is 10.0. The van der Waals surface area contributed by atoms with Crippen molar-refractivity contribution in [3.8, 4) is 0 Å². The summed E-state index contributed by atoms with van der Waals surface area (Å²) in [6, 6.07) is 21.2. The number of carbonyl (C=O) groups excluding carboxylic acids is 2. The van der Waals surface area contributed by atoms with Crippen LogP contribution >= 0.6 is 27.5 Å². The molecule has 3 aromatic carbocycles. The van der Waals surface area contributed by atoms with Crippen molar-refractivity contribution in [2.45, 2.75) is 57.7 Å². The Morgan fingerprint density at radius 1 is 1.00 bits per heavy atom. The van der Waals surface area contributed by atoms with E-state index in [0.717, 1.165) is 51.8 Å². The van der Waals surface area contributed by atoms with Gasteiger partial charge in [-0.05, 0) is 60.7 Å². The summed E-state index contributed by atoms with van der Waals surface area (Å²) >= 11 is 9.81. The van der Waals surface area contributed by atoms with Crippen LogP contribution in [0.25, 0.3) is 0 Å². The Kier molecular flexibility index (Phi) is 10.5. The van der Waals surface area contributed by atoms with Gasteiger partial charge in [0.25, 0.3) is 0 Å². The van der Waals surface area contributed by atoms with Gasteiger partial charge in [-0.1, -0.05) is 88.9 Å². The van der Waals surface area contributed by atoms with Crippen LogP contribution < -0.4 is 9.62 Å². The summed E-state index contributed by atoms with van der Waals surface area (Å²) in [6.07, 6.45) is 5.26. The predicted molar refractivity (Wildman–Crippen MR) is 167 cm³/mol. The highest BCUT2D eigenvalue weighted by atomic mass is 79.9. The minimum atomic E-state index is -3.87. The molecule has 2 amide bonds. The maximum absolute atomic E-state index is 14.2. The van der Waals surface area contributed by atoms with Crippen LogP contribution in [-0.4, -0.2) is 50.0 Å². The molecule has 41 heavy (non-hydrogen) atoms. The number of nitrogens with zero attached hydrogens (tertiary/aromatic N) is 2. The summed E-state index contributed by atoms with van der Waals surface area (Å²) in [5, 5.41) is 3.57. The lowest BCUT2D eigenvalue weighted by molar-refractivity contribution is -0.140. The molecule has 1 fully saturated rings. The van der Waals surface area contributed by atoms with E-state index in [1.165, 1.54) is 4.90 Å². The Balaban J connectivity index is 1.74. The van der Waals surface area contributed by atoms with E-state index in [2.05, 4.69) is 21.2 Å². The fraction of sp³-hybridized carbons (Fsp3) is 0.355. The van der Waals surface area contributed by atoms with Gasteiger partial charge in [0.15, 0.2) is 0 Å². The molecule has 1 atom stereocenters. The quantitative estimate of drug-likeness (QED) is 0.279. The van der Waals surface area contributed by atoms with Crippen molar-refractivity contribution >= 4 is 55.1 Å². The number of benzene rings is 3. The van der Waals surface area contributed by atoms with Gasteiger partial charge in [0.1, 0.15) is 12.6 Å². The van der Waals surface area contributed by atoms with E-state index in [-0.39, 0.29) is 24.9 Å². The number of halogens is 2. The monoisotopic (exact) mass is 659 g/mol. The molecule has 3 aromatic rings. The number of sulfonamides is 1. The first-order chi connectivity index (χ1) is 19.5. The van der Waals surface area contributed by atoms with Crippen LogP contribution in [0.15, 0.2) is 77.3 Å². The van der Waals surface area contributed by atoms with Crippen LogP contribution in [0.2, 0.25) is 5.02 Å². The van der Waals surface area contributed by atoms with Gasteiger partial charge in [-0.25, -0.2) is 8.42 Å². The Bertz CT molecular complexity index is 1480. The van der Waals surface area contributed by atoms with Gasteiger partial charge in [0, 0.05) is 28.5 Å². The molecule has 0 aromatic heterocycles. The summed E-state index contributed by atoms with van der Waals surface area (Å²) in [5.41, 5.74) is 2.58. The third kappa shape index (κ3) is 8.33. The van der Waals surface area contributed by atoms with E-state index in [9.17, 15) is 18.0 Å². The van der Waals surface area contributed by atoms with Crippen LogP contribution in [-0.2, 0) is 32.6 Å². The molecule has 1 aliphatic carbocycles. The van der Waals surface area contributed by atoms with Gasteiger partial charge in [-0.3, -0.25) is 13.9 Å². The van der Waals surface area contributed by atoms with Gasteiger partial charge in [-0.2, -0.15) is 0 Å². The zero-order valence-electron chi connectivity index (χ0n) is 23.2. The number of hydrogen-bond acceptors (Lipinski definition) is 4. The van der Waals surface area contributed by atoms with Gasteiger partial charge in [0.2, 0.25) is 21.8 Å². The Hall–Kier alpha value is -2.88. The van der Waals surface area contributed by atoms with Crippen molar-refractivity contribution in [1.29, 1.82) is 0 Å². The molecule has 10 heteroatoms. The molecule has 7 nitrogen and oxygen atoms in total. The summed E-state index contributed by atoms with van der Waals surface area (Å²) in [6.45, 7) is 1.36. The van der Waals surface area contributed by atoms with Crippen molar-refractivity contribution in [3.63, 3.8) is 0 Å². The average molecular weight is 661 g/mol. The second kappa shape index (κ2) is 13.9. The van der Waals surface area contributed by atoms with Crippen LogP contribution in [0, 0.1) is 6.92 Å². The van der Waals surface area contributed by atoms with Crippen molar-refractivity contribution in [2.75, 3.05) is 17.1 Å². The number of rotatable bonds is 11. The molecule has 0 saturated heterocycles. The van der Waals surface area contributed by atoms with Gasteiger partial charge in [-0.15, -0.1) is 0 Å². The summed E-state index contributed by atoms with van der Waals surface area (Å²) in [4.78, 5) is 29.6. The molecular weight excluding hydrogens is 626 g/mol. The molecule has 0 radical (unpaired) electrons. The normalized spacial score (nSPS) is 14.4. The lowest BCUT2D eigenvalue weighted by Gasteiger charge is -2.34. The lowest BCUT2D eigenvalue weighted by Crippen LogP contribution is -2.54. The number of anilines is 1. The van der Waals surface area contributed by atoms with E-state index < -0.39 is 28.5 Å². The Morgan fingerprint density at radius 2 is 1.66 bits per heavy atom. The van der Waals surface area contributed by atoms with Crippen LogP contribution in [0.5, 0.6) is 0 Å². The SMILES string of the molecule is Cc1c(Cl)cccc1N(CC(=O)N(Cc1cccc(Br)c1)[C@@H](Cc1ccccc1)C(=O)NC1CCCC1)S(C)(=O)=O. The maximum Gasteiger partial charge on any atom is 0.244 e. The first-order valence-electron chi connectivity index (χ1n) is 13.6. The van der Waals surface area contributed by atoms with Crippen molar-refractivity contribution in [1.82, 2.24) is 10.2 Å². The van der Waals surface area contributed by atoms with Crippen LogP contribution in [0.3, 0.4) is 0 Å². The van der Waals surface area contributed by atoms with Gasteiger partial charge >= 0.3 is 0 Å². The standard InChI is InChI=1S/C31H35BrClN3O4S/c1-22-27(33)16-9-17-28(22)36(41(2,39)40)21-30(37)35(20-24-12-8-13-25(32)18-24)29(19-23-10-4-3-5-11-23)31(38)34-26-14-6-7-15-26/h3-5,8-13,16-18,26,29H,6-7,14-15,19-21H2,1-2H3,(H,34,38)/t29-/m0/s1. The molecule has 0 heterocycles. The van der Waals surface area contributed by atoms with Crippen molar-refractivity contribution in [3.05, 3.63) is 99.0 Å². The Labute approximate surface area is 256 Å². The third-order valence-corrected chi connectivity index (χ3v) is 9.43. The zero-order valence-corrected chi connectivity index (χ0v) is 26.4. The molecule has 0 spiro atoms. The minimum Gasteiger partial charge on any atom is -0.352 e. The van der Waals surface area contributed by atoms with E-state index in [1.807, 2.05) is 54.6 Å². The maximum atomic E-state index is 14.2. The number of hydrogen-bond donors (Lipinski definition) is 1.